The molecule has 1 aliphatic carbocycles. The smallest absolute Gasteiger partial charge is 0.223 e. The van der Waals surface area contributed by atoms with Gasteiger partial charge in [0.15, 0.2) is 0 Å². The molecule has 13 heavy (non-hydrogen) atoms. The lowest BCUT2D eigenvalue weighted by atomic mass is 9.86. The summed E-state index contributed by atoms with van der Waals surface area (Å²) in [5, 5.41) is 6.30. The molecule has 74 valence electrons. The van der Waals surface area contributed by atoms with Gasteiger partial charge in [-0.1, -0.05) is 6.92 Å². The van der Waals surface area contributed by atoms with Crippen molar-refractivity contribution in [1.29, 1.82) is 0 Å². The highest BCUT2D eigenvalue weighted by Gasteiger charge is 2.30. The largest absolute Gasteiger partial charge is 0.353 e. The molecule has 1 unspecified atom stereocenters. The third-order valence-corrected chi connectivity index (χ3v) is 3.39. The van der Waals surface area contributed by atoms with E-state index in [9.17, 15) is 4.79 Å². The summed E-state index contributed by atoms with van der Waals surface area (Å²) in [6.07, 6.45) is 3.65. The standard InChI is InChI=1S/C10H18N2O/c1-7(8-5-11-6-8)10(13)12-9-3-2-4-9/h7-9,11H,2-6H2,1H3,(H,12,13). The molecule has 2 N–H and O–H groups in total. The van der Waals surface area contributed by atoms with Crippen LogP contribution in [-0.4, -0.2) is 25.0 Å². The lowest BCUT2D eigenvalue weighted by molar-refractivity contribution is -0.128. The maximum atomic E-state index is 11.6. The van der Waals surface area contributed by atoms with Crippen LogP contribution in [0.1, 0.15) is 26.2 Å². The zero-order chi connectivity index (χ0) is 9.26. The number of amides is 1. The molecule has 3 nitrogen and oxygen atoms in total. The molecule has 0 aromatic heterocycles. The van der Waals surface area contributed by atoms with Crippen molar-refractivity contribution in [3.8, 4) is 0 Å². The Morgan fingerprint density at radius 2 is 2.15 bits per heavy atom. The molecule has 0 bridgehead atoms. The number of nitrogens with one attached hydrogen (secondary N) is 2. The van der Waals surface area contributed by atoms with E-state index in [1.165, 1.54) is 19.3 Å². The second-order valence-electron chi connectivity index (χ2n) is 4.34. The molecule has 2 fully saturated rings. The van der Waals surface area contributed by atoms with E-state index >= 15 is 0 Å². The van der Waals surface area contributed by atoms with E-state index in [1.54, 1.807) is 0 Å². The first-order valence-electron chi connectivity index (χ1n) is 5.28. The van der Waals surface area contributed by atoms with Crippen molar-refractivity contribution in [3.63, 3.8) is 0 Å². The molecule has 1 saturated carbocycles. The van der Waals surface area contributed by atoms with E-state index < -0.39 is 0 Å². The fraction of sp³-hybridized carbons (Fsp3) is 0.900. The number of hydrogen-bond donors (Lipinski definition) is 2. The molecule has 0 aromatic rings. The molecule has 1 heterocycles. The van der Waals surface area contributed by atoms with Crippen LogP contribution in [0.2, 0.25) is 0 Å². The minimum atomic E-state index is 0.196. The molecule has 0 radical (unpaired) electrons. The summed E-state index contributed by atoms with van der Waals surface area (Å²) in [5.74, 6) is 1.03. The van der Waals surface area contributed by atoms with Gasteiger partial charge in [0.25, 0.3) is 0 Å². The van der Waals surface area contributed by atoms with Gasteiger partial charge in [0.05, 0.1) is 0 Å². The first-order chi connectivity index (χ1) is 6.27. The molecule has 2 rings (SSSR count). The predicted octanol–water partition coefficient (Wildman–Crippen LogP) is 0.511. The van der Waals surface area contributed by atoms with Crippen molar-refractivity contribution < 1.29 is 4.79 Å². The number of carbonyl (C=O) groups is 1. The van der Waals surface area contributed by atoms with Crippen LogP contribution in [0, 0.1) is 11.8 Å². The quantitative estimate of drug-likeness (QED) is 0.667. The summed E-state index contributed by atoms with van der Waals surface area (Å²) < 4.78 is 0. The van der Waals surface area contributed by atoms with Crippen LogP contribution in [0.15, 0.2) is 0 Å². The maximum Gasteiger partial charge on any atom is 0.223 e. The van der Waals surface area contributed by atoms with Crippen LogP contribution in [0.3, 0.4) is 0 Å². The molecule has 1 aliphatic heterocycles. The van der Waals surface area contributed by atoms with Crippen LogP contribution < -0.4 is 10.6 Å². The Kier molecular flexibility index (Phi) is 2.54. The van der Waals surface area contributed by atoms with Crippen LogP contribution in [0.4, 0.5) is 0 Å². The van der Waals surface area contributed by atoms with E-state index in [0.29, 0.717) is 12.0 Å². The lowest BCUT2D eigenvalue weighted by Crippen LogP contribution is -2.51. The van der Waals surface area contributed by atoms with E-state index in [-0.39, 0.29) is 11.8 Å². The summed E-state index contributed by atoms with van der Waals surface area (Å²) in [5.41, 5.74) is 0. The number of carbonyl (C=O) groups excluding carboxylic acids is 1. The molecule has 1 atom stereocenters. The monoisotopic (exact) mass is 182 g/mol. The molecule has 1 amide bonds. The van der Waals surface area contributed by atoms with Gasteiger partial charge in [0, 0.05) is 12.0 Å². The first-order valence-corrected chi connectivity index (χ1v) is 5.28. The Morgan fingerprint density at radius 1 is 1.46 bits per heavy atom. The van der Waals surface area contributed by atoms with Gasteiger partial charge in [-0.2, -0.15) is 0 Å². The summed E-state index contributed by atoms with van der Waals surface area (Å²) in [7, 11) is 0. The van der Waals surface area contributed by atoms with Gasteiger partial charge in [-0.05, 0) is 38.3 Å². The topological polar surface area (TPSA) is 41.1 Å². The van der Waals surface area contributed by atoms with E-state index in [2.05, 4.69) is 10.6 Å². The third kappa shape index (κ3) is 1.85. The average molecular weight is 182 g/mol. The van der Waals surface area contributed by atoms with Gasteiger partial charge in [0.2, 0.25) is 5.91 Å². The molecule has 0 aromatic carbocycles. The number of rotatable bonds is 3. The SMILES string of the molecule is CC(C(=O)NC1CCC1)C1CNC1. The molecule has 1 saturated heterocycles. The van der Waals surface area contributed by atoms with Gasteiger partial charge >= 0.3 is 0 Å². The fourth-order valence-electron chi connectivity index (χ4n) is 1.76. The van der Waals surface area contributed by atoms with E-state index in [0.717, 1.165) is 13.1 Å². The van der Waals surface area contributed by atoms with E-state index in [4.69, 9.17) is 0 Å². The van der Waals surface area contributed by atoms with Crippen LogP contribution in [0.5, 0.6) is 0 Å². The van der Waals surface area contributed by atoms with Crippen molar-refractivity contribution in [2.45, 2.75) is 32.2 Å². The minimum Gasteiger partial charge on any atom is -0.353 e. The Bertz CT molecular complexity index is 197. The predicted molar refractivity (Wildman–Crippen MR) is 51.3 cm³/mol. The van der Waals surface area contributed by atoms with Gasteiger partial charge < -0.3 is 10.6 Å². The number of hydrogen-bond acceptors (Lipinski definition) is 2. The molecule has 3 heteroatoms. The average Bonchev–Trinajstić information content (AvgIpc) is 1.92. The highest BCUT2D eigenvalue weighted by molar-refractivity contribution is 5.79. The highest BCUT2D eigenvalue weighted by Crippen LogP contribution is 2.21. The van der Waals surface area contributed by atoms with Crippen molar-refractivity contribution in [2.75, 3.05) is 13.1 Å². The van der Waals surface area contributed by atoms with E-state index in [1.807, 2.05) is 6.92 Å². The molecular formula is C10H18N2O. The van der Waals surface area contributed by atoms with Crippen LogP contribution in [-0.2, 0) is 4.79 Å². The summed E-state index contributed by atoms with van der Waals surface area (Å²) in [4.78, 5) is 11.6. The first kappa shape index (κ1) is 9.00. The zero-order valence-corrected chi connectivity index (χ0v) is 8.18. The normalized spacial score (nSPS) is 25.9. The van der Waals surface area contributed by atoms with Crippen LogP contribution in [0.25, 0.3) is 0 Å². The second-order valence-corrected chi connectivity index (χ2v) is 4.34. The molecular weight excluding hydrogens is 164 g/mol. The minimum absolute atomic E-state index is 0.196. The summed E-state index contributed by atoms with van der Waals surface area (Å²) >= 11 is 0. The van der Waals surface area contributed by atoms with Crippen molar-refractivity contribution in [2.24, 2.45) is 11.8 Å². The summed E-state index contributed by atoms with van der Waals surface area (Å²) in [6, 6.07) is 0.489. The Morgan fingerprint density at radius 3 is 2.54 bits per heavy atom. The van der Waals surface area contributed by atoms with Gasteiger partial charge in [-0.3, -0.25) is 4.79 Å². The molecule has 2 aliphatic rings. The van der Waals surface area contributed by atoms with Crippen molar-refractivity contribution in [1.82, 2.24) is 10.6 Å². The van der Waals surface area contributed by atoms with Gasteiger partial charge in [-0.15, -0.1) is 0 Å². The second kappa shape index (κ2) is 3.66. The van der Waals surface area contributed by atoms with Crippen molar-refractivity contribution >= 4 is 5.91 Å². The third-order valence-electron chi connectivity index (χ3n) is 3.39. The lowest BCUT2D eigenvalue weighted by Gasteiger charge is -2.34. The Balaban J connectivity index is 1.74. The van der Waals surface area contributed by atoms with Gasteiger partial charge in [0.1, 0.15) is 0 Å². The van der Waals surface area contributed by atoms with Crippen LogP contribution >= 0.6 is 0 Å². The fourth-order valence-corrected chi connectivity index (χ4v) is 1.76. The van der Waals surface area contributed by atoms with Gasteiger partial charge in [-0.25, -0.2) is 0 Å². The summed E-state index contributed by atoms with van der Waals surface area (Å²) in [6.45, 7) is 4.07. The zero-order valence-electron chi connectivity index (χ0n) is 8.18. The molecule has 0 spiro atoms. The highest BCUT2D eigenvalue weighted by atomic mass is 16.1. The Labute approximate surface area is 79.3 Å². The van der Waals surface area contributed by atoms with Crippen molar-refractivity contribution in [3.05, 3.63) is 0 Å². The Hall–Kier alpha value is -0.570. The maximum absolute atomic E-state index is 11.6.